The molecule has 2 atom stereocenters. The average Bonchev–Trinajstić information content (AvgIpc) is 2.41. The maximum absolute atomic E-state index is 4.21. The fourth-order valence-corrected chi connectivity index (χ4v) is 3.24. The van der Waals surface area contributed by atoms with E-state index in [2.05, 4.69) is 36.1 Å². The molecule has 0 amide bonds. The third kappa shape index (κ3) is 4.00. The number of aromatic nitrogens is 2. The molecule has 1 aliphatic carbocycles. The van der Waals surface area contributed by atoms with Gasteiger partial charge in [-0.1, -0.05) is 20.8 Å². The first-order valence-corrected chi connectivity index (χ1v) is 7.58. The molecule has 0 aliphatic heterocycles. The Labute approximate surface area is 117 Å². The van der Waals surface area contributed by atoms with E-state index in [9.17, 15) is 0 Å². The van der Waals surface area contributed by atoms with Gasteiger partial charge in [0.25, 0.3) is 0 Å². The van der Waals surface area contributed by atoms with Crippen molar-refractivity contribution < 1.29 is 0 Å². The molecule has 1 aliphatic rings. The maximum atomic E-state index is 4.21. The molecule has 0 saturated heterocycles. The summed E-state index contributed by atoms with van der Waals surface area (Å²) in [6.45, 7) is 9.25. The molecule has 0 aromatic carbocycles. The van der Waals surface area contributed by atoms with Crippen LogP contribution in [0.25, 0.3) is 0 Å². The van der Waals surface area contributed by atoms with Gasteiger partial charge >= 0.3 is 0 Å². The lowest BCUT2D eigenvalue weighted by Crippen LogP contribution is -2.35. The molecule has 106 valence electrons. The molecule has 0 spiro atoms. The molecule has 1 saturated carbocycles. The Morgan fingerprint density at radius 2 is 2.05 bits per heavy atom. The normalized spacial score (nSPS) is 26.3. The largest absolute Gasteiger partial charge is 0.316 e. The molecular weight excluding hydrogens is 234 g/mol. The van der Waals surface area contributed by atoms with Crippen molar-refractivity contribution in [2.24, 2.45) is 11.3 Å². The quantitative estimate of drug-likeness (QED) is 0.826. The van der Waals surface area contributed by atoms with Gasteiger partial charge in [0.15, 0.2) is 0 Å². The first kappa shape index (κ1) is 14.4. The highest BCUT2D eigenvalue weighted by Gasteiger charge is 2.35. The molecular formula is C16H27N3. The van der Waals surface area contributed by atoms with Gasteiger partial charge in [-0.3, -0.25) is 0 Å². The van der Waals surface area contributed by atoms with Crippen molar-refractivity contribution in [3.05, 3.63) is 24.3 Å². The monoisotopic (exact) mass is 261 g/mol. The summed E-state index contributed by atoms with van der Waals surface area (Å²) >= 11 is 0. The highest BCUT2D eigenvalue weighted by atomic mass is 14.9. The number of nitrogens with zero attached hydrogens (tertiary/aromatic N) is 2. The summed E-state index contributed by atoms with van der Waals surface area (Å²) < 4.78 is 0. The highest BCUT2D eigenvalue weighted by Crippen LogP contribution is 2.46. The van der Waals surface area contributed by atoms with Crippen molar-refractivity contribution in [2.45, 2.75) is 52.4 Å². The lowest BCUT2D eigenvalue weighted by Gasteiger charge is -2.41. The number of hydrogen-bond acceptors (Lipinski definition) is 3. The van der Waals surface area contributed by atoms with Crippen molar-refractivity contribution in [1.29, 1.82) is 0 Å². The van der Waals surface area contributed by atoms with Crippen molar-refractivity contribution >= 4 is 0 Å². The van der Waals surface area contributed by atoms with Gasteiger partial charge in [-0.15, -0.1) is 0 Å². The van der Waals surface area contributed by atoms with Crippen molar-refractivity contribution in [1.82, 2.24) is 15.3 Å². The van der Waals surface area contributed by atoms with Gasteiger partial charge in [-0.25, -0.2) is 9.97 Å². The van der Waals surface area contributed by atoms with Crippen LogP contribution in [0, 0.1) is 11.3 Å². The maximum Gasteiger partial charge on any atom is 0.115 e. The summed E-state index contributed by atoms with van der Waals surface area (Å²) in [5.41, 5.74) is 1.76. The van der Waals surface area contributed by atoms with E-state index in [1.807, 2.05) is 12.4 Å². The van der Waals surface area contributed by atoms with Crippen LogP contribution in [0.2, 0.25) is 0 Å². The van der Waals surface area contributed by atoms with Crippen LogP contribution in [0.15, 0.2) is 18.7 Å². The van der Waals surface area contributed by atoms with E-state index in [0.717, 1.165) is 19.0 Å². The fraction of sp³-hybridized carbons (Fsp3) is 0.750. The molecule has 1 heterocycles. The molecule has 1 aromatic heterocycles. The Morgan fingerprint density at radius 3 is 2.74 bits per heavy atom. The predicted octanol–water partition coefficient (Wildman–Crippen LogP) is 3.39. The topological polar surface area (TPSA) is 37.8 Å². The first-order chi connectivity index (χ1) is 9.12. The van der Waals surface area contributed by atoms with Gasteiger partial charge in [0.05, 0.1) is 0 Å². The Hall–Kier alpha value is -0.960. The van der Waals surface area contributed by atoms with Crippen molar-refractivity contribution in [3.63, 3.8) is 0 Å². The van der Waals surface area contributed by atoms with Crippen LogP contribution in [0.4, 0.5) is 0 Å². The van der Waals surface area contributed by atoms with Gasteiger partial charge in [0.1, 0.15) is 6.33 Å². The minimum Gasteiger partial charge on any atom is -0.316 e. The smallest absolute Gasteiger partial charge is 0.115 e. The second kappa shape index (κ2) is 6.47. The standard InChI is InChI=1S/C16H27N3/c1-4-7-17-9-13-5-6-16(2,3)8-15(13)14-10-18-12-19-11-14/h10-13,15,17H,4-9H2,1-3H3. The molecule has 19 heavy (non-hydrogen) atoms. The zero-order valence-electron chi connectivity index (χ0n) is 12.5. The molecule has 1 fully saturated rings. The number of rotatable bonds is 5. The van der Waals surface area contributed by atoms with E-state index < -0.39 is 0 Å². The van der Waals surface area contributed by atoms with E-state index in [1.165, 1.54) is 31.2 Å². The second-order valence-corrected chi connectivity index (χ2v) is 6.65. The zero-order valence-corrected chi connectivity index (χ0v) is 12.5. The van der Waals surface area contributed by atoms with Crippen LogP contribution in [0.1, 0.15) is 57.9 Å². The van der Waals surface area contributed by atoms with Crippen molar-refractivity contribution in [2.75, 3.05) is 13.1 Å². The fourth-order valence-electron chi connectivity index (χ4n) is 3.24. The Balaban J connectivity index is 2.08. The summed E-state index contributed by atoms with van der Waals surface area (Å²) in [5, 5.41) is 3.59. The minimum atomic E-state index is 0.446. The summed E-state index contributed by atoms with van der Waals surface area (Å²) in [6, 6.07) is 0. The van der Waals surface area contributed by atoms with Gasteiger partial charge < -0.3 is 5.32 Å². The van der Waals surface area contributed by atoms with Gasteiger partial charge in [0, 0.05) is 12.4 Å². The molecule has 2 rings (SSSR count). The zero-order chi connectivity index (χ0) is 13.7. The highest BCUT2D eigenvalue weighted by molar-refractivity contribution is 5.14. The molecule has 1 N–H and O–H groups in total. The third-order valence-electron chi connectivity index (χ3n) is 4.38. The molecule has 1 aromatic rings. The van der Waals surface area contributed by atoms with E-state index in [4.69, 9.17) is 0 Å². The Bertz CT molecular complexity index is 375. The minimum absolute atomic E-state index is 0.446. The molecule has 0 bridgehead atoms. The van der Waals surface area contributed by atoms with Crippen molar-refractivity contribution in [3.8, 4) is 0 Å². The third-order valence-corrected chi connectivity index (χ3v) is 4.38. The van der Waals surface area contributed by atoms with Gasteiger partial charge in [-0.05, 0) is 61.6 Å². The van der Waals surface area contributed by atoms with Crippen LogP contribution < -0.4 is 5.32 Å². The van der Waals surface area contributed by atoms with E-state index in [1.54, 1.807) is 6.33 Å². The van der Waals surface area contributed by atoms with Crippen LogP contribution in [0.5, 0.6) is 0 Å². The Kier molecular flexibility index (Phi) is 4.92. The second-order valence-electron chi connectivity index (χ2n) is 6.65. The van der Waals surface area contributed by atoms with E-state index in [0.29, 0.717) is 11.3 Å². The van der Waals surface area contributed by atoms with Crippen LogP contribution >= 0.6 is 0 Å². The van der Waals surface area contributed by atoms with Gasteiger partial charge in [0.2, 0.25) is 0 Å². The summed E-state index contributed by atoms with van der Waals surface area (Å²) in [4.78, 5) is 8.41. The lowest BCUT2D eigenvalue weighted by molar-refractivity contribution is 0.159. The van der Waals surface area contributed by atoms with E-state index in [-0.39, 0.29) is 0 Å². The van der Waals surface area contributed by atoms with Gasteiger partial charge in [-0.2, -0.15) is 0 Å². The first-order valence-electron chi connectivity index (χ1n) is 7.58. The SMILES string of the molecule is CCCNCC1CCC(C)(C)CC1c1cncnc1. The van der Waals surface area contributed by atoms with Crippen LogP contribution in [0.3, 0.4) is 0 Å². The number of nitrogens with one attached hydrogen (secondary N) is 1. The predicted molar refractivity (Wildman–Crippen MR) is 79.1 cm³/mol. The molecule has 0 radical (unpaired) electrons. The Morgan fingerprint density at radius 1 is 1.32 bits per heavy atom. The molecule has 3 nitrogen and oxygen atoms in total. The van der Waals surface area contributed by atoms with Crippen LogP contribution in [-0.4, -0.2) is 23.1 Å². The lowest BCUT2D eigenvalue weighted by atomic mass is 9.65. The summed E-state index contributed by atoms with van der Waals surface area (Å²) in [6.07, 6.45) is 10.7. The summed E-state index contributed by atoms with van der Waals surface area (Å²) in [7, 11) is 0. The van der Waals surface area contributed by atoms with Crippen LogP contribution in [-0.2, 0) is 0 Å². The van der Waals surface area contributed by atoms with E-state index >= 15 is 0 Å². The number of hydrogen-bond donors (Lipinski definition) is 1. The average molecular weight is 261 g/mol. The molecule has 2 unspecified atom stereocenters. The molecule has 3 heteroatoms. The summed E-state index contributed by atoms with van der Waals surface area (Å²) in [5.74, 6) is 1.33.